The highest BCUT2D eigenvalue weighted by Crippen LogP contribution is 2.26. The molecule has 0 spiro atoms. The van der Waals surface area contributed by atoms with Crippen LogP contribution < -0.4 is 5.73 Å². The summed E-state index contributed by atoms with van der Waals surface area (Å²) >= 11 is 1.64. The van der Waals surface area contributed by atoms with Crippen LogP contribution in [0.1, 0.15) is 10.4 Å². The smallest absolute Gasteiger partial charge is 0.126 e. The second-order valence-corrected chi connectivity index (χ2v) is 4.47. The van der Waals surface area contributed by atoms with Gasteiger partial charge in [0, 0.05) is 11.4 Å². The van der Waals surface area contributed by atoms with Gasteiger partial charge in [-0.05, 0) is 47.2 Å². The lowest BCUT2D eigenvalue weighted by molar-refractivity contribution is 0.619. The molecule has 78 valence electrons. The van der Waals surface area contributed by atoms with Gasteiger partial charge in [0.15, 0.2) is 0 Å². The summed E-state index contributed by atoms with van der Waals surface area (Å²) in [6.45, 7) is 2.33. The third-order valence-corrected chi connectivity index (χ3v) is 3.31. The molecule has 3 heteroatoms. The Hall–Kier alpha value is -1.19. The first-order chi connectivity index (χ1) is 7.20. The Bertz CT molecular complexity index is 476. The van der Waals surface area contributed by atoms with E-state index in [0.29, 0.717) is 12.1 Å². The molecule has 0 radical (unpaired) electrons. The number of benzene rings is 1. The molecular formula is C12H12FNS. The molecule has 1 heterocycles. The quantitative estimate of drug-likeness (QED) is 0.827. The van der Waals surface area contributed by atoms with E-state index in [9.17, 15) is 4.39 Å². The summed E-state index contributed by atoms with van der Waals surface area (Å²) in [6, 6.07) is 7.21. The highest BCUT2D eigenvalue weighted by molar-refractivity contribution is 7.10. The van der Waals surface area contributed by atoms with Crippen molar-refractivity contribution in [3.05, 3.63) is 45.9 Å². The lowest BCUT2D eigenvalue weighted by Gasteiger charge is -2.00. The molecule has 0 aliphatic carbocycles. The van der Waals surface area contributed by atoms with Crippen LogP contribution in [0.5, 0.6) is 0 Å². The minimum Gasteiger partial charge on any atom is -0.326 e. The highest BCUT2D eigenvalue weighted by Gasteiger charge is 2.03. The molecule has 0 atom stereocenters. The molecule has 2 N–H and O–H groups in total. The Morgan fingerprint density at radius 2 is 2.07 bits per heavy atom. The SMILES string of the molecule is Cc1cc(-c2csc(CN)c2)ccc1F. The molecule has 1 nitrogen and oxygen atoms in total. The van der Waals surface area contributed by atoms with Crippen LogP contribution in [0.25, 0.3) is 11.1 Å². The number of nitrogens with two attached hydrogens (primary N) is 1. The number of halogens is 1. The summed E-state index contributed by atoms with van der Waals surface area (Å²) in [5.74, 6) is -0.159. The van der Waals surface area contributed by atoms with Gasteiger partial charge in [-0.3, -0.25) is 0 Å². The zero-order valence-electron chi connectivity index (χ0n) is 8.46. The average molecular weight is 221 g/mol. The van der Waals surface area contributed by atoms with E-state index in [4.69, 9.17) is 5.73 Å². The van der Waals surface area contributed by atoms with Crippen molar-refractivity contribution in [1.29, 1.82) is 0 Å². The molecule has 0 saturated carbocycles. The minimum absolute atomic E-state index is 0.159. The first kappa shape index (κ1) is 10.3. The Balaban J connectivity index is 2.40. The molecular weight excluding hydrogens is 209 g/mol. The van der Waals surface area contributed by atoms with Crippen LogP contribution in [-0.2, 0) is 6.54 Å². The molecule has 0 unspecified atom stereocenters. The Labute approximate surface area is 92.4 Å². The second kappa shape index (κ2) is 4.13. The Kier molecular flexibility index (Phi) is 2.84. The van der Waals surface area contributed by atoms with Gasteiger partial charge in [-0.25, -0.2) is 4.39 Å². The molecule has 0 aliphatic rings. The fourth-order valence-corrected chi connectivity index (χ4v) is 2.24. The predicted octanol–water partition coefficient (Wildman–Crippen LogP) is 3.32. The van der Waals surface area contributed by atoms with E-state index in [0.717, 1.165) is 16.0 Å². The van der Waals surface area contributed by atoms with Crippen molar-refractivity contribution in [2.45, 2.75) is 13.5 Å². The topological polar surface area (TPSA) is 26.0 Å². The second-order valence-electron chi connectivity index (χ2n) is 3.47. The molecule has 2 rings (SSSR count). The fraction of sp³-hybridized carbons (Fsp3) is 0.167. The molecule has 1 aromatic carbocycles. The van der Waals surface area contributed by atoms with E-state index < -0.39 is 0 Å². The van der Waals surface area contributed by atoms with Gasteiger partial charge in [-0.15, -0.1) is 11.3 Å². The Morgan fingerprint density at radius 1 is 1.27 bits per heavy atom. The molecule has 0 amide bonds. The summed E-state index contributed by atoms with van der Waals surface area (Å²) in [4.78, 5) is 1.15. The summed E-state index contributed by atoms with van der Waals surface area (Å²) in [5.41, 5.74) is 8.38. The summed E-state index contributed by atoms with van der Waals surface area (Å²) in [6.07, 6.45) is 0. The van der Waals surface area contributed by atoms with Gasteiger partial charge in [-0.2, -0.15) is 0 Å². The van der Waals surface area contributed by atoms with Gasteiger partial charge >= 0.3 is 0 Å². The minimum atomic E-state index is -0.159. The van der Waals surface area contributed by atoms with Gasteiger partial charge in [0.2, 0.25) is 0 Å². The van der Waals surface area contributed by atoms with Gasteiger partial charge in [0.25, 0.3) is 0 Å². The van der Waals surface area contributed by atoms with E-state index in [2.05, 4.69) is 11.4 Å². The largest absolute Gasteiger partial charge is 0.326 e. The maximum atomic E-state index is 13.1. The first-order valence-corrected chi connectivity index (χ1v) is 5.62. The fourth-order valence-electron chi connectivity index (χ4n) is 1.46. The molecule has 0 fully saturated rings. The van der Waals surface area contributed by atoms with Crippen LogP contribution in [0.3, 0.4) is 0 Å². The highest BCUT2D eigenvalue weighted by atomic mass is 32.1. The maximum absolute atomic E-state index is 13.1. The van der Waals surface area contributed by atoms with E-state index >= 15 is 0 Å². The van der Waals surface area contributed by atoms with Gasteiger partial charge in [0.05, 0.1) is 0 Å². The molecule has 1 aromatic heterocycles. The van der Waals surface area contributed by atoms with Crippen molar-refractivity contribution >= 4 is 11.3 Å². The normalized spacial score (nSPS) is 10.6. The summed E-state index contributed by atoms with van der Waals surface area (Å²) in [5, 5.41) is 2.05. The van der Waals surface area contributed by atoms with Crippen molar-refractivity contribution in [3.8, 4) is 11.1 Å². The van der Waals surface area contributed by atoms with E-state index in [1.54, 1.807) is 24.3 Å². The predicted molar refractivity (Wildman–Crippen MR) is 62.3 cm³/mol. The monoisotopic (exact) mass is 221 g/mol. The third-order valence-electron chi connectivity index (χ3n) is 2.35. The van der Waals surface area contributed by atoms with Crippen LogP contribution in [0.4, 0.5) is 4.39 Å². The summed E-state index contributed by atoms with van der Waals surface area (Å²) in [7, 11) is 0. The van der Waals surface area contributed by atoms with Crippen molar-refractivity contribution < 1.29 is 4.39 Å². The first-order valence-electron chi connectivity index (χ1n) is 4.74. The average Bonchev–Trinajstić information content (AvgIpc) is 2.70. The number of hydrogen-bond acceptors (Lipinski definition) is 2. The van der Waals surface area contributed by atoms with E-state index in [1.807, 2.05) is 6.07 Å². The van der Waals surface area contributed by atoms with Crippen LogP contribution in [0.2, 0.25) is 0 Å². The third kappa shape index (κ3) is 2.08. The van der Waals surface area contributed by atoms with Crippen LogP contribution in [0.15, 0.2) is 29.6 Å². The number of hydrogen-bond donors (Lipinski definition) is 1. The van der Waals surface area contributed by atoms with Gasteiger partial charge in [-0.1, -0.05) is 6.07 Å². The van der Waals surface area contributed by atoms with Gasteiger partial charge in [0.1, 0.15) is 5.82 Å². The number of thiophene rings is 1. The van der Waals surface area contributed by atoms with Crippen LogP contribution in [0, 0.1) is 12.7 Å². The molecule has 15 heavy (non-hydrogen) atoms. The Morgan fingerprint density at radius 3 is 2.67 bits per heavy atom. The molecule has 0 bridgehead atoms. The lowest BCUT2D eigenvalue weighted by Crippen LogP contribution is -1.91. The van der Waals surface area contributed by atoms with Crippen molar-refractivity contribution in [3.63, 3.8) is 0 Å². The maximum Gasteiger partial charge on any atom is 0.126 e. The number of rotatable bonds is 2. The number of aryl methyl sites for hydroxylation is 1. The van der Waals surface area contributed by atoms with Gasteiger partial charge < -0.3 is 5.73 Å². The molecule has 2 aromatic rings. The van der Waals surface area contributed by atoms with Crippen LogP contribution >= 0.6 is 11.3 Å². The van der Waals surface area contributed by atoms with E-state index in [1.165, 1.54) is 6.07 Å². The summed E-state index contributed by atoms with van der Waals surface area (Å²) < 4.78 is 13.1. The zero-order chi connectivity index (χ0) is 10.8. The molecule has 0 aliphatic heterocycles. The molecule has 0 saturated heterocycles. The zero-order valence-corrected chi connectivity index (χ0v) is 9.27. The van der Waals surface area contributed by atoms with Crippen molar-refractivity contribution in [2.75, 3.05) is 0 Å². The lowest BCUT2D eigenvalue weighted by atomic mass is 10.1. The van der Waals surface area contributed by atoms with Crippen molar-refractivity contribution in [2.24, 2.45) is 5.73 Å². The van der Waals surface area contributed by atoms with E-state index in [-0.39, 0.29) is 5.82 Å². The van der Waals surface area contributed by atoms with Crippen molar-refractivity contribution in [1.82, 2.24) is 0 Å². The standard InChI is InChI=1S/C12H12FNS/c1-8-4-9(2-3-12(8)13)10-5-11(6-14)15-7-10/h2-5,7H,6,14H2,1H3. The van der Waals surface area contributed by atoms with Crippen LogP contribution in [-0.4, -0.2) is 0 Å².